The highest BCUT2D eigenvalue weighted by atomic mass is 35.5. The van der Waals surface area contributed by atoms with Gasteiger partial charge in [0.2, 0.25) is 0 Å². The maximum absolute atomic E-state index is 5.41. The minimum atomic E-state index is 0. The van der Waals surface area contributed by atoms with Gasteiger partial charge in [-0.15, -0.1) is 49.6 Å². The van der Waals surface area contributed by atoms with E-state index in [1.807, 2.05) is 53.0 Å². The van der Waals surface area contributed by atoms with Crippen LogP contribution in [0.25, 0.3) is 90.9 Å². The van der Waals surface area contributed by atoms with Crippen molar-refractivity contribution < 1.29 is 18.3 Å². The summed E-state index contributed by atoms with van der Waals surface area (Å²) in [5.74, 6) is 0. The molecule has 2 N–H and O–H groups in total. The van der Waals surface area contributed by atoms with Crippen molar-refractivity contribution in [3.8, 4) is 44.5 Å². The third-order valence-electron chi connectivity index (χ3n) is 9.67. The lowest BCUT2D eigenvalue weighted by atomic mass is 10.1. The van der Waals surface area contributed by atoms with Crippen molar-refractivity contribution in [3.63, 3.8) is 0 Å². The third-order valence-corrected chi connectivity index (χ3v) is 9.67. The van der Waals surface area contributed by atoms with Gasteiger partial charge in [0, 0.05) is 90.8 Å². The van der Waals surface area contributed by atoms with Gasteiger partial charge in [0.1, 0.15) is 28.2 Å². The van der Waals surface area contributed by atoms with Crippen LogP contribution >= 0.6 is 49.6 Å². The molecule has 0 aliphatic carbocycles. The number of hydrogen-bond donors (Lipinski definition) is 2. The molecule has 8 bridgehead atoms. The van der Waals surface area contributed by atoms with Crippen LogP contribution < -0.4 is 18.3 Å². The van der Waals surface area contributed by atoms with Crippen LogP contribution in [0.3, 0.4) is 0 Å². The first kappa shape index (κ1) is 41.5. The number of rotatable bonds is 4. The number of fused-ring (bicyclic) bond motifs is 8. The van der Waals surface area contributed by atoms with Crippen LogP contribution in [0, 0.1) is 0 Å². The highest BCUT2D eigenvalue weighted by Gasteiger charge is 2.21. The fraction of sp³-hybridized carbons (Fsp3) is 0.0909. The SMILES string of the molecule is C[n+]1cccc(-c2c3nc(c(-c4ccc[n+](C)c4)c4ccc([nH]4)c(-c4ccc[n+](C)c4)c4nc(c(-c5ccc[n+](C)c5)c5ccc2[nH]5)C=C4)C=C3)c1.Cl.Cl.Cl.Cl. The van der Waals surface area contributed by atoms with Gasteiger partial charge in [-0.25, -0.2) is 28.2 Å². The fourth-order valence-electron chi connectivity index (χ4n) is 7.36. The molecule has 0 radical (unpaired) electrons. The van der Waals surface area contributed by atoms with Gasteiger partial charge in [-0.1, -0.05) is 0 Å². The van der Waals surface area contributed by atoms with E-state index in [-0.39, 0.29) is 49.6 Å². The molecule has 282 valence electrons. The molecule has 7 aromatic rings. The van der Waals surface area contributed by atoms with E-state index in [1.54, 1.807) is 0 Å². The van der Waals surface area contributed by atoms with Crippen molar-refractivity contribution in [3.05, 3.63) is 145 Å². The topological polar surface area (TPSA) is 72.9 Å². The first-order chi connectivity index (χ1) is 25.4. The zero-order valence-corrected chi connectivity index (χ0v) is 34.4. The molecule has 0 saturated carbocycles. The first-order valence-electron chi connectivity index (χ1n) is 17.4. The number of nitrogens with zero attached hydrogens (tertiary/aromatic N) is 6. The molecule has 9 heterocycles. The normalized spacial score (nSPS) is 11.2. The Balaban J connectivity index is 0.00000150. The Kier molecular flexibility index (Phi) is 12.6. The summed E-state index contributed by atoms with van der Waals surface area (Å²) in [5.41, 5.74) is 15.8. The standard InChI is InChI=1S/C44H38N8.4ClH/c1-49-21-5-9-29(25-49)41-33-13-15-35(45-33)42(30-10-6-22-50(2)26-30)37-17-19-39(47-37)44(32-12-8-24-52(4)28-32)40-20-18-38(48-40)43(36-16-14-34(41)46-36)31-11-7-23-51(3)27-31;;;;/h5-28,45,48H,1-4H3;4*1H/q+4;;;;. The molecule has 0 amide bonds. The monoisotopic (exact) mass is 822 g/mol. The zero-order valence-electron chi connectivity index (χ0n) is 31.2. The predicted octanol–water partition coefficient (Wildman–Crippen LogP) is 8.31. The number of halogens is 4. The van der Waals surface area contributed by atoms with Gasteiger partial charge >= 0.3 is 0 Å². The molecule has 8 nitrogen and oxygen atoms in total. The molecule has 0 atom stereocenters. The van der Waals surface area contributed by atoms with Crippen molar-refractivity contribution in [2.75, 3.05) is 0 Å². The molecule has 0 spiro atoms. The number of pyridine rings is 4. The van der Waals surface area contributed by atoms with Crippen molar-refractivity contribution in [1.82, 2.24) is 19.9 Å². The number of nitrogens with one attached hydrogen (secondary N) is 2. The van der Waals surface area contributed by atoms with E-state index in [0.29, 0.717) is 0 Å². The van der Waals surface area contributed by atoms with Crippen LogP contribution in [0.2, 0.25) is 0 Å². The van der Waals surface area contributed by atoms with Crippen LogP contribution in [-0.2, 0) is 28.2 Å². The number of aromatic amines is 2. The molecule has 0 unspecified atom stereocenters. The Morgan fingerprint density at radius 2 is 0.589 bits per heavy atom. The maximum atomic E-state index is 5.41. The van der Waals surface area contributed by atoms with E-state index in [1.165, 1.54) is 0 Å². The summed E-state index contributed by atoms with van der Waals surface area (Å²) in [4.78, 5) is 18.5. The van der Waals surface area contributed by atoms with Crippen molar-refractivity contribution in [2.24, 2.45) is 28.2 Å². The molecule has 56 heavy (non-hydrogen) atoms. The van der Waals surface area contributed by atoms with Gasteiger partial charge in [0.05, 0.1) is 22.8 Å². The Morgan fingerprint density at radius 1 is 0.357 bits per heavy atom. The molecular formula is C44H42Cl4N8+4. The summed E-state index contributed by atoms with van der Waals surface area (Å²) < 4.78 is 8.31. The van der Waals surface area contributed by atoms with Gasteiger partial charge in [0.15, 0.2) is 49.6 Å². The number of hydrogen-bond acceptors (Lipinski definition) is 2. The lowest BCUT2D eigenvalue weighted by Crippen LogP contribution is -2.26. The molecule has 7 aromatic heterocycles. The van der Waals surface area contributed by atoms with Crippen LogP contribution in [0.4, 0.5) is 0 Å². The average molecular weight is 825 g/mol. The summed E-state index contributed by atoms with van der Waals surface area (Å²) >= 11 is 0. The van der Waals surface area contributed by atoms with Crippen LogP contribution in [0.5, 0.6) is 0 Å². The largest absolute Gasteiger partial charge is 0.354 e. The smallest absolute Gasteiger partial charge is 0.176 e. The van der Waals surface area contributed by atoms with Crippen molar-refractivity contribution >= 4 is 96.0 Å². The molecule has 0 aromatic carbocycles. The van der Waals surface area contributed by atoms with E-state index in [9.17, 15) is 0 Å². The molecule has 2 aliphatic heterocycles. The second kappa shape index (κ2) is 17.0. The summed E-state index contributed by atoms with van der Waals surface area (Å²) in [5, 5.41) is 0. The lowest BCUT2D eigenvalue weighted by Gasteiger charge is -2.05. The van der Waals surface area contributed by atoms with Crippen molar-refractivity contribution in [1.29, 1.82) is 0 Å². The van der Waals surface area contributed by atoms with E-state index < -0.39 is 0 Å². The molecule has 0 fully saturated rings. The van der Waals surface area contributed by atoms with Crippen LogP contribution in [0.15, 0.2) is 122 Å². The van der Waals surface area contributed by atoms with Gasteiger partial charge in [-0.05, 0) is 72.8 Å². The Morgan fingerprint density at radius 3 is 0.804 bits per heavy atom. The number of H-pyrrole nitrogens is 2. The van der Waals surface area contributed by atoms with E-state index in [0.717, 1.165) is 89.4 Å². The maximum Gasteiger partial charge on any atom is 0.176 e. The third kappa shape index (κ3) is 7.74. The Labute approximate surface area is 350 Å². The van der Waals surface area contributed by atoms with Crippen LogP contribution in [-0.4, -0.2) is 19.9 Å². The predicted molar refractivity (Wildman–Crippen MR) is 234 cm³/mol. The number of aromatic nitrogens is 8. The summed E-state index contributed by atoms with van der Waals surface area (Å²) in [6.07, 6.45) is 25.3. The highest BCUT2D eigenvalue weighted by Crippen LogP contribution is 2.37. The highest BCUT2D eigenvalue weighted by molar-refractivity contribution is 5.99. The van der Waals surface area contributed by atoms with Crippen molar-refractivity contribution in [2.45, 2.75) is 0 Å². The van der Waals surface area contributed by atoms with E-state index >= 15 is 0 Å². The minimum Gasteiger partial charge on any atom is -0.354 e. The van der Waals surface area contributed by atoms with Gasteiger partial charge in [-0.2, -0.15) is 0 Å². The fourth-order valence-corrected chi connectivity index (χ4v) is 7.36. The Hall–Kier alpha value is -5.64. The molecule has 2 aliphatic rings. The quantitative estimate of drug-likeness (QED) is 0.176. The second-order valence-corrected chi connectivity index (χ2v) is 13.5. The molecule has 0 saturated heterocycles. The Bertz CT molecular complexity index is 2450. The van der Waals surface area contributed by atoms with Gasteiger partial charge in [0.25, 0.3) is 0 Å². The molecular weight excluding hydrogens is 782 g/mol. The summed E-state index contributed by atoms with van der Waals surface area (Å²) in [6, 6.07) is 25.6. The minimum absolute atomic E-state index is 0. The number of aryl methyl sites for hydroxylation is 4. The van der Waals surface area contributed by atoms with Gasteiger partial charge < -0.3 is 9.97 Å². The lowest BCUT2D eigenvalue weighted by molar-refractivity contribution is -0.671. The van der Waals surface area contributed by atoms with E-state index in [2.05, 4.69) is 150 Å². The summed E-state index contributed by atoms with van der Waals surface area (Å²) in [6.45, 7) is 0. The molecule has 9 rings (SSSR count). The molecule has 12 heteroatoms. The van der Waals surface area contributed by atoms with Crippen LogP contribution in [0.1, 0.15) is 22.8 Å². The summed E-state index contributed by atoms with van der Waals surface area (Å²) in [7, 11) is 8.20. The zero-order chi connectivity index (χ0) is 35.3. The second-order valence-electron chi connectivity index (χ2n) is 13.5. The van der Waals surface area contributed by atoms with Gasteiger partial charge in [-0.3, -0.25) is 0 Å². The van der Waals surface area contributed by atoms with E-state index in [4.69, 9.17) is 9.97 Å². The first-order valence-corrected chi connectivity index (χ1v) is 17.4. The average Bonchev–Trinajstić information content (AvgIpc) is 3.96.